The minimum atomic E-state index is -0.557. The summed E-state index contributed by atoms with van der Waals surface area (Å²) in [6.07, 6.45) is 1.03. The van der Waals surface area contributed by atoms with E-state index in [0.717, 1.165) is 29.7 Å². The van der Waals surface area contributed by atoms with Crippen molar-refractivity contribution >= 4 is 17.5 Å². The van der Waals surface area contributed by atoms with Gasteiger partial charge in [-0.1, -0.05) is 0 Å². The van der Waals surface area contributed by atoms with Gasteiger partial charge in [0.1, 0.15) is 5.60 Å². The van der Waals surface area contributed by atoms with Crippen molar-refractivity contribution < 1.29 is 38.0 Å². The summed E-state index contributed by atoms with van der Waals surface area (Å²) in [5, 5.41) is 2.71. The van der Waals surface area contributed by atoms with Crippen LogP contribution in [0.5, 0.6) is 23.0 Å². The average molecular weight is 491 g/mol. The van der Waals surface area contributed by atoms with Gasteiger partial charge in [-0.2, -0.15) is 0 Å². The molecular formula is C25H34N2O8. The van der Waals surface area contributed by atoms with Crippen LogP contribution in [0.4, 0.5) is 16.2 Å². The summed E-state index contributed by atoms with van der Waals surface area (Å²) in [5.41, 5.74) is 8.52. The van der Waals surface area contributed by atoms with Crippen LogP contribution in [0.15, 0.2) is 24.3 Å². The molecule has 0 atom stereocenters. The topological polar surface area (TPSA) is 120 Å². The molecule has 2 heterocycles. The van der Waals surface area contributed by atoms with Crippen LogP contribution in [0.2, 0.25) is 0 Å². The van der Waals surface area contributed by atoms with Crippen LogP contribution < -0.4 is 30.0 Å². The molecule has 0 saturated heterocycles. The number of anilines is 2. The molecule has 2 aliphatic heterocycles. The van der Waals surface area contributed by atoms with Gasteiger partial charge in [-0.25, -0.2) is 4.79 Å². The number of carbonyl (C=O) groups is 1. The molecule has 3 N–H and O–H groups in total. The van der Waals surface area contributed by atoms with E-state index in [0.29, 0.717) is 41.8 Å². The van der Waals surface area contributed by atoms with Crippen molar-refractivity contribution in [3.8, 4) is 23.0 Å². The lowest BCUT2D eigenvalue weighted by Gasteiger charge is -2.20. The zero-order valence-electron chi connectivity index (χ0n) is 20.9. The Bertz CT molecular complexity index is 1020. The molecular weight excluding hydrogens is 456 g/mol. The van der Waals surface area contributed by atoms with E-state index in [1.165, 1.54) is 0 Å². The molecule has 1 amide bonds. The molecule has 4 rings (SSSR count). The first-order valence-electron chi connectivity index (χ1n) is 11.3. The van der Waals surface area contributed by atoms with Gasteiger partial charge < -0.3 is 38.9 Å². The van der Waals surface area contributed by atoms with Crippen molar-refractivity contribution in [2.24, 2.45) is 0 Å². The fourth-order valence-electron chi connectivity index (χ4n) is 3.40. The average Bonchev–Trinajstić information content (AvgIpc) is 3.45. The molecule has 10 heteroatoms. The lowest BCUT2D eigenvalue weighted by molar-refractivity contribution is 0.0635. The van der Waals surface area contributed by atoms with Crippen molar-refractivity contribution in [1.82, 2.24) is 0 Å². The van der Waals surface area contributed by atoms with Crippen LogP contribution in [-0.4, -0.2) is 52.7 Å². The second-order valence-corrected chi connectivity index (χ2v) is 8.91. The predicted molar refractivity (Wildman–Crippen MR) is 131 cm³/mol. The molecule has 10 nitrogen and oxygen atoms in total. The fourth-order valence-corrected chi connectivity index (χ4v) is 3.40. The van der Waals surface area contributed by atoms with Gasteiger partial charge in [-0.3, -0.25) is 5.32 Å². The molecule has 0 spiro atoms. The van der Waals surface area contributed by atoms with E-state index in [4.69, 9.17) is 38.9 Å². The third-order valence-electron chi connectivity index (χ3n) is 4.92. The quantitative estimate of drug-likeness (QED) is 0.552. The van der Waals surface area contributed by atoms with Crippen LogP contribution in [0.25, 0.3) is 0 Å². The van der Waals surface area contributed by atoms with Crippen molar-refractivity contribution in [2.45, 2.75) is 39.2 Å². The van der Waals surface area contributed by atoms with Crippen LogP contribution in [-0.2, 0) is 27.1 Å². The zero-order chi connectivity index (χ0) is 25.4. The van der Waals surface area contributed by atoms with Gasteiger partial charge >= 0.3 is 6.09 Å². The maximum atomic E-state index is 11.9. The van der Waals surface area contributed by atoms with E-state index in [9.17, 15) is 4.79 Å². The first-order valence-corrected chi connectivity index (χ1v) is 11.3. The lowest BCUT2D eigenvalue weighted by Crippen LogP contribution is -2.27. The Balaban J connectivity index is 0.000000211. The van der Waals surface area contributed by atoms with Gasteiger partial charge in [-0.05, 0) is 69.0 Å². The number of hydrogen-bond donors (Lipinski definition) is 2. The normalized spacial score (nSPS) is 13.2. The van der Waals surface area contributed by atoms with Gasteiger partial charge in [0.25, 0.3) is 0 Å². The highest BCUT2D eigenvalue weighted by molar-refractivity contribution is 5.88. The summed E-state index contributed by atoms with van der Waals surface area (Å²) in [4.78, 5) is 11.9. The standard InChI is InChI=1S/C15H21NO5.C10H13NO3/c1-15(2,3)21-14(17)16-11-7-10(5-6-18-4)8-12-13(11)20-9-19-12;1-12-3-2-7-4-8(11)10-9(5-7)13-6-14-10/h7-8H,5-6,9H2,1-4H3,(H,16,17);4-5H,2-3,6,11H2,1H3. The molecule has 2 aliphatic rings. The molecule has 0 aromatic heterocycles. The Kier molecular flexibility index (Phi) is 8.89. The van der Waals surface area contributed by atoms with E-state index in [1.807, 2.05) is 45.0 Å². The second kappa shape index (κ2) is 11.9. The highest BCUT2D eigenvalue weighted by Gasteiger charge is 2.23. The Morgan fingerprint density at radius 3 is 2.00 bits per heavy atom. The molecule has 0 saturated carbocycles. The monoisotopic (exact) mass is 490 g/mol. The number of nitrogen functional groups attached to an aromatic ring is 1. The van der Waals surface area contributed by atoms with E-state index < -0.39 is 11.7 Å². The summed E-state index contributed by atoms with van der Waals surface area (Å²) in [6, 6.07) is 7.57. The smallest absolute Gasteiger partial charge is 0.412 e. The number of ether oxygens (including phenoxy) is 7. The number of fused-ring (bicyclic) bond motifs is 2. The predicted octanol–water partition coefficient (Wildman–Crippen LogP) is 4.14. The highest BCUT2D eigenvalue weighted by Crippen LogP contribution is 2.41. The number of hydrogen-bond acceptors (Lipinski definition) is 9. The summed E-state index contributed by atoms with van der Waals surface area (Å²) in [5.74, 6) is 2.54. The first kappa shape index (κ1) is 26.2. The second-order valence-electron chi connectivity index (χ2n) is 8.91. The molecule has 2 aromatic rings. The van der Waals surface area contributed by atoms with E-state index in [-0.39, 0.29) is 13.6 Å². The molecule has 0 radical (unpaired) electrons. The van der Waals surface area contributed by atoms with Crippen LogP contribution in [0.1, 0.15) is 31.9 Å². The van der Waals surface area contributed by atoms with Gasteiger partial charge in [-0.15, -0.1) is 0 Å². The Morgan fingerprint density at radius 1 is 0.886 bits per heavy atom. The summed E-state index contributed by atoms with van der Waals surface area (Å²) >= 11 is 0. The third kappa shape index (κ3) is 7.56. The van der Waals surface area contributed by atoms with Crippen LogP contribution in [0.3, 0.4) is 0 Å². The molecule has 0 aliphatic carbocycles. The van der Waals surface area contributed by atoms with Crippen LogP contribution >= 0.6 is 0 Å². The fraction of sp³-hybridized carbons (Fsp3) is 0.480. The number of nitrogens with one attached hydrogen (secondary N) is 1. The maximum absolute atomic E-state index is 11.9. The van der Waals surface area contributed by atoms with Gasteiger partial charge in [0.05, 0.1) is 24.6 Å². The third-order valence-corrected chi connectivity index (χ3v) is 4.92. The minimum Gasteiger partial charge on any atom is -0.453 e. The van der Waals surface area contributed by atoms with Crippen molar-refractivity contribution in [3.63, 3.8) is 0 Å². The first-order chi connectivity index (χ1) is 16.7. The number of carbonyl (C=O) groups excluding carboxylic acids is 1. The molecule has 0 unspecified atom stereocenters. The number of benzene rings is 2. The number of methoxy groups -OCH3 is 2. The Hall–Kier alpha value is -3.37. The largest absolute Gasteiger partial charge is 0.453 e. The number of nitrogens with two attached hydrogens (primary N) is 1. The van der Waals surface area contributed by atoms with E-state index in [1.54, 1.807) is 14.2 Å². The Labute approximate surface area is 205 Å². The molecule has 0 fully saturated rings. The highest BCUT2D eigenvalue weighted by atomic mass is 16.7. The van der Waals surface area contributed by atoms with E-state index in [2.05, 4.69) is 5.32 Å². The van der Waals surface area contributed by atoms with Gasteiger partial charge in [0.2, 0.25) is 13.6 Å². The van der Waals surface area contributed by atoms with Gasteiger partial charge in [0.15, 0.2) is 23.0 Å². The van der Waals surface area contributed by atoms with Crippen molar-refractivity contribution in [2.75, 3.05) is 52.1 Å². The summed E-state index contributed by atoms with van der Waals surface area (Å²) < 4.78 is 36.6. The number of amides is 1. The van der Waals surface area contributed by atoms with Crippen LogP contribution in [0, 0.1) is 0 Å². The summed E-state index contributed by atoms with van der Waals surface area (Å²) in [6.45, 7) is 7.10. The minimum absolute atomic E-state index is 0.145. The molecule has 2 aromatic carbocycles. The summed E-state index contributed by atoms with van der Waals surface area (Å²) in [7, 11) is 3.32. The SMILES string of the molecule is COCCc1cc(N)c2c(c1)OCO2.COCCc1cc(NC(=O)OC(C)(C)C)c2c(c1)OCO2. The van der Waals surface area contributed by atoms with Crippen molar-refractivity contribution in [1.29, 1.82) is 0 Å². The number of rotatable bonds is 7. The maximum Gasteiger partial charge on any atom is 0.412 e. The Morgan fingerprint density at radius 2 is 1.43 bits per heavy atom. The van der Waals surface area contributed by atoms with E-state index >= 15 is 0 Å². The molecule has 0 bridgehead atoms. The molecule has 35 heavy (non-hydrogen) atoms. The lowest BCUT2D eigenvalue weighted by atomic mass is 10.1. The van der Waals surface area contributed by atoms with Gasteiger partial charge in [0, 0.05) is 14.2 Å². The zero-order valence-corrected chi connectivity index (χ0v) is 20.9. The molecule has 192 valence electrons. The van der Waals surface area contributed by atoms with Crippen molar-refractivity contribution in [3.05, 3.63) is 35.4 Å².